The summed E-state index contributed by atoms with van der Waals surface area (Å²) in [6.45, 7) is 2.10. The minimum Gasteiger partial charge on any atom is -0.394 e. The van der Waals surface area contributed by atoms with Crippen molar-refractivity contribution in [3.63, 3.8) is 0 Å². The van der Waals surface area contributed by atoms with Crippen LogP contribution < -0.4 is 5.32 Å². The van der Waals surface area contributed by atoms with Crippen molar-refractivity contribution in [2.24, 2.45) is 0 Å². The van der Waals surface area contributed by atoms with Crippen molar-refractivity contribution in [3.8, 4) is 0 Å². The van der Waals surface area contributed by atoms with Gasteiger partial charge in [0.1, 0.15) is 0 Å². The molecule has 3 nitrogen and oxygen atoms in total. The number of benzene rings is 2. The minimum atomic E-state index is -0.128. The standard InChI is InChI=1S/C18H18N2O/c1-13-4-2-6-16(10-13)20-18(12-21)15-7-8-17-14(11-15)5-3-9-19-17/h2-11,18,20-21H,12H2,1H3. The Morgan fingerprint density at radius 3 is 2.81 bits per heavy atom. The van der Waals surface area contributed by atoms with Crippen LogP contribution in [0.15, 0.2) is 60.8 Å². The number of pyridine rings is 1. The largest absolute Gasteiger partial charge is 0.394 e. The number of hydrogen-bond donors (Lipinski definition) is 2. The van der Waals surface area contributed by atoms with E-state index in [1.165, 1.54) is 5.56 Å². The lowest BCUT2D eigenvalue weighted by atomic mass is 10.0. The Morgan fingerprint density at radius 2 is 2.00 bits per heavy atom. The maximum absolute atomic E-state index is 9.70. The molecule has 0 aliphatic carbocycles. The molecule has 2 N–H and O–H groups in total. The number of aryl methyl sites for hydroxylation is 1. The zero-order valence-corrected chi connectivity index (χ0v) is 12.0. The lowest BCUT2D eigenvalue weighted by Gasteiger charge is -2.19. The molecule has 0 aliphatic rings. The summed E-state index contributed by atoms with van der Waals surface area (Å²) in [5, 5.41) is 14.2. The number of rotatable bonds is 4. The number of hydrogen-bond acceptors (Lipinski definition) is 3. The summed E-state index contributed by atoms with van der Waals surface area (Å²) in [6.07, 6.45) is 1.79. The Kier molecular flexibility index (Phi) is 3.84. The van der Waals surface area contributed by atoms with Crippen LogP contribution in [0, 0.1) is 6.92 Å². The van der Waals surface area contributed by atoms with Gasteiger partial charge in [-0.2, -0.15) is 0 Å². The molecule has 3 rings (SSSR count). The van der Waals surface area contributed by atoms with Crippen LogP contribution in [-0.4, -0.2) is 16.7 Å². The van der Waals surface area contributed by atoms with E-state index in [1.807, 2.05) is 36.4 Å². The lowest BCUT2D eigenvalue weighted by Crippen LogP contribution is -2.14. The van der Waals surface area contributed by atoms with Crippen LogP contribution in [-0.2, 0) is 0 Å². The van der Waals surface area contributed by atoms with Crippen molar-refractivity contribution >= 4 is 16.6 Å². The van der Waals surface area contributed by atoms with Crippen LogP contribution >= 0.6 is 0 Å². The highest BCUT2D eigenvalue weighted by Gasteiger charge is 2.11. The molecule has 0 saturated heterocycles. The summed E-state index contributed by atoms with van der Waals surface area (Å²) >= 11 is 0. The summed E-state index contributed by atoms with van der Waals surface area (Å²) in [5.41, 5.74) is 4.23. The van der Waals surface area contributed by atoms with E-state index < -0.39 is 0 Å². The van der Waals surface area contributed by atoms with Crippen LogP contribution in [0.25, 0.3) is 10.9 Å². The van der Waals surface area contributed by atoms with Gasteiger partial charge in [0.25, 0.3) is 0 Å². The fraction of sp³-hybridized carbons (Fsp3) is 0.167. The number of fused-ring (bicyclic) bond motifs is 1. The predicted octanol–water partition coefficient (Wildman–Crippen LogP) is 3.69. The van der Waals surface area contributed by atoms with Gasteiger partial charge in [0.2, 0.25) is 0 Å². The average molecular weight is 278 g/mol. The predicted molar refractivity (Wildman–Crippen MR) is 86.4 cm³/mol. The summed E-state index contributed by atoms with van der Waals surface area (Å²) in [6, 6.07) is 18.1. The summed E-state index contributed by atoms with van der Waals surface area (Å²) in [5.74, 6) is 0. The van der Waals surface area contributed by atoms with Gasteiger partial charge in [-0.25, -0.2) is 0 Å². The monoisotopic (exact) mass is 278 g/mol. The maximum atomic E-state index is 9.70. The molecule has 21 heavy (non-hydrogen) atoms. The quantitative estimate of drug-likeness (QED) is 0.765. The van der Waals surface area contributed by atoms with Gasteiger partial charge in [-0.1, -0.05) is 24.3 Å². The molecule has 3 heteroatoms. The van der Waals surface area contributed by atoms with Gasteiger partial charge in [0.05, 0.1) is 18.2 Å². The molecule has 0 spiro atoms. The van der Waals surface area contributed by atoms with E-state index in [2.05, 4.69) is 35.4 Å². The molecule has 0 fully saturated rings. The van der Waals surface area contributed by atoms with E-state index in [-0.39, 0.29) is 12.6 Å². The second kappa shape index (κ2) is 5.94. The van der Waals surface area contributed by atoms with Crippen molar-refractivity contribution in [3.05, 3.63) is 71.9 Å². The topological polar surface area (TPSA) is 45.1 Å². The number of nitrogens with one attached hydrogen (secondary N) is 1. The van der Waals surface area contributed by atoms with Gasteiger partial charge in [-0.3, -0.25) is 4.98 Å². The molecule has 0 bridgehead atoms. The normalized spacial score (nSPS) is 12.3. The zero-order valence-electron chi connectivity index (χ0n) is 12.0. The molecule has 106 valence electrons. The van der Waals surface area contributed by atoms with Crippen LogP contribution in [0.1, 0.15) is 17.2 Å². The SMILES string of the molecule is Cc1cccc(NC(CO)c2ccc3ncccc3c2)c1. The van der Waals surface area contributed by atoms with Crippen LogP contribution in [0.2, 0.25) is 0 Å². The van der Waals surface area contributed by atoms with E-state index in [1.54, 1.807) is 6.20 Å². The third-order valence-electron chi connectivity index (χ3n) is 3.57. The Morgan fingerprint density at radius 1 is 1.10 bits per heavy atom. The zero-order chi connectivity index (χ0) is 14.7. The summed E-state index contributed by atoms with van der Waals surface area (Å²) in [4.78, 5) is 4.32. The Bertz CT molecular complexity index is 755. The molecule has 1 heterocycles. The summed E-state index contributed by atoms with van der Waals surface area (Å²) in [7, 11) is 0. The lowest BCUT2D eigenvalue weighted by molar-refractivity contribution is 0.276. The molecule has 0 amide bonds. The molecule has 0 saturated carbocycles. The number of nitrogens with zero attached hydrogens (tertiary/aromatic N) is 1. The van der Waals surface area contributed by atoms with E-state index in [0.717, 1.165) is 22.2 Å². The first-order chi connectivity index (χ1) is 10.3. The molecule has 3 aromatic rings. The smallest absolute Gasteiger partial charge is 0.0745 e. The maximum Gasteiger partial charge on any atom is 0.0745 e. The molecule has 1 unspecified atom stereocenters. The fourth-order valence-electron chi connectivity index (χ4n) is 2.48. The Labute approximate surface area is 124 Å². The van der Waals surface area contributed by atoms with Crippen LogP contribution in [0.5, 0.6) is 0 Å². The molecule has 1 aromatic heterocycles. The number of anilines is 1. The Hall–Kier alpha value is -2.39. The van der Waals surface area contributed by atoms with Crippen LogP contribution in [0.3, 0.4) is 0 Å². The fourth-order valence-corrected chi connectivity index (χ4v) is 2.48. The minimum absolute atomic E-state index is 0.0414. The average Bonchev–Trinajstić information content (AvgIpc) is 2.52. The second-order valence-corrected chi connectivity index (χ2v) is 5.20. The van der Waals surface area contributed by atoms with Crippen molar-refractivity contribution < 1.29 is 5.11 Å². The summed E-state index contributed by atoms with van der Waals surface area (Å²) < 4.78 is 0. The van der Waals surface area contributed by atoms with E-state index in [9.17, 15) is 5.11 Å². The first-order valence-electron chi connectivity index (χ1n) is 7.05. The third kappa shape index (κ3) is 3.03. The van der Waals surface area contributed by atoms with Gasteiger partial charge < -0.3 is 10.4 Å². The molecular formula is C18H18N2O. The molecule has 2 aromatic carbocycles. The van der Waals surface area contributed by atoms with Crippen molar-refractivity contribution in [2.45, 2.75) is 13.0 Å². The molecule has 0 aliphatic heterocycles. The van der Waals surface area contributed by atoms with Gasteiger partial charge in [-0.15, -0.1) is 0 Å². The third-order valence-corrected chi connectivity index (χ3v) is 3.57. The number of aromatic nitrogens is 1. The highest BCUT2D eigenvalue weighted by Crippen LogP contribution is 2.23. The first kappa shape index (κ1) is 13.6. The number of aliphatic hydroxyl groups is 1. The molecular weight excluding hydrogens is 260 g/mol. The van der Waals surface area contributed by atoms with Gasteiger partial charge in [-0.05, 0) is 48.4 Å². The highest BCUT2D eigenvalue weighted by atomic mass is 16.3. The van der Waals surface area contributed by atoms with E-state index in [4.69, 9.17) is 0 Å². The molecule has 0 radical (unpaired) electrons. The van der Waals surface area contributed by atoms with Crippen molar-refractivity contribution in [1.82, 2.24) is 4.98 Å². The molecule has 1 atom stereocenters. The van der Waals surface area contributed by atoms with Gasteiger partial charge >= 0.3 is 0 Å². The van der Waals surface area contributed by atoms with Gasteiger partial charge in [0.15, 0.2) is 0 Å². The van der Waals surface area contributed by atoms with E-state index >= 15 is 0 Å². The Balaban J connectivity index is 1.90. The van der Waals surface area contributed by atoms with Crippen LogP contribution in [0.4, 0.5) is 5.69 Å². The second-order valence-electron chi connectivity index (χ2n) is 5.20. The van der Waals surface area contributed by atoms with E-state index in [0.29, 0.717) is 0 Å². The number of aliphatic hydroxyl groups excluding tert-OH is 1. The highest BCUT2D eigenvalue weighted by molar-refractivity contribution is 5.79. The van der Waals surface area contributed by atoms with Gasteiger partial charge in [0, 0.05) is 17.3 Å². The first-order valence-corrected chi connectivity index (χ1v) is 7.05. The van der Waals surface area contributed by atoms with Crippen molar-refractivity contribution in [2.75, 3.05) is 11.9 Å². The van der Waals surface area contributed by atoms with Crippen molar-refractivity contribution in [1.29, 1.82) is 0 Å².